The van der Waals surface area contributed by atoms with Crippen LogP contribution in [0.2, 0.25) is 0 Å². The predicted molar refractivity (Wildman–Crippen MR) is 93.8 cm³/mol. The molecule has 0 aromatic carbocycles. The Morgan fingerprint density at radius 3 is 2.71 bits per heavy atom. The molecule has 24 heavy (non-hydrogen) atoms. The maximum absolute atomic E-state index is 12.7. The molecule has 1 aromatic rings. The molecule has 2 N–H and O–H groups in total. The average Bonchev–Trinajstić information content (AvgIpc) is 3.06. The van der Waals surface area contributed by atoms with Gasteiger partial charge in [0.05, 0.1) is 5.92 Å². The fraction of sp³-hybridized carbons (Fsp3) is 0.733. The summed E-state index contributed by atoms with van der Waals surface area (Å²) in [5.41, 5.74) is 0. The van der Waals surface area contributed by atoms with Gasteiger partial charge in [0.15, 0.2) is 5.96 Å². The van der Waals surface area contributed by atoms with E-state index >= 15 is 0 Å². The zero-order chi connectivity index (χ0) is 17.4. The molecule has 0 aliphatic heterocycles. The monoisotopic (exact) mass is 380 g/mol. The molecule has 1 fully saturated rings. The van der Waals surface area contributed by atoms with Crippen molar-refractivity contribution in [3.05, 3.63) is 11.6 Å². The molecule has 0 atom stereocenters. The summed E-state index contributed by atoms with van der Waals surface area (Å²) in [4.78, 5) is 8.36. The lowest BCUT2D eigenvalue weighted by Crippen LogP contribution is -2.46. The summed E-state index contributed by atoms with van der Waals surface area (Å²) in [6.07, 6.45) is 0.164. The van der Waals surface area contributed by atoms with Gasteiger partial charge in [-0.05, 0) is 32.1 Å². The number of hydrogen-bond donors (Lipinski definition) is 2. The number of halogens is 3. The Hall–Kier alpha value is -0.960. The van der Waals surface area contributed by atoms with Gasteiger partial charge in [-0.25, -0.2) is 4.98 Å². The molecule has 1 aliphatic rings. The maximum atomic E-state index is 12.7. The first kappa shape index (κ1) is 19.4. The highest BCUT2D eigenvalue weighted by molar-refractivity contribution is 8.00. The Bertz CT molecular complexity index is 497. The first-order valence-corrected chi connectivity index (χ1v) is 9.91. The van der Waals surface area contributed by atoms with Crippen molar-refractivity contribution in [2.24, 2.45) is 10.9 Å². The van der Waals surface area contributed by atoms with E-state index in [-0.39, 0.29) is 18.9 Å². The Morgan fingerprint density at radius 1 is 1.38 bits per heavy atom. The summed E-state index contributed by atoms with van der Waals surface area (Å²) < 4.78 is 39.1. The summed E-state index contributed by atoms with van der Waals surface area (Å²) in [6.45, 7) is 0.774. The van der Waals surface area contributed by atoms with Crippen LogP contribution < -0.4 is 10.6 Å². The van der Waals surface area contributed by atoms with E-state index < -0.39 is 12.1 Å². The molecule has 1 saturated carbocycles. The zero-order valence-corrected chi connectivity index (χ0v) is 15.2. The van der Waals surface area contributed by atoms with E-state index in [4.69, 9.17) is 0 Å². The molecule has 0 spiro atoms. The number of guanidine groups is 1. The van der Waals surface area contributed by atoms with E-state index in [1.807, 2.05) is 5.38 Å². The van der Waals surface area contributed by atoms with Gasteiger partial charge < -0.3 is 10.6 Å². The molecule has 1 aromatic heterocycles. The van der Waals surface area contributed by atoms with E-state index in [0.29, 0.717) is 18.8 Å². The second kappa shape index (κ2) is 9.50. The molecule has 0 bridgehead atoms. The molecule has 9 heteroatoms. The summed E-state index contributed by atoms with van der Waals surface area (Å²) in [5.74, 6) is 0.493. The molecule has 0 saturated heterocycles. The standard InChI is InChI=1S/C15H23F3N4S2/c1-19-13(20-7-2-9-23-14-21-8-10-24-14)22-12-5-3-11(4-6-12)15(16,17)18/h8,10-12H,2-7,9H2,1H3,(H2,19,20,22). The summed E-state index contributed by atoms with van der Waals surface area (Å²) >= 11 is 3.36. The highest BCUT2D eigenvalue weighted by atomic mass is 32.2. The van der Waals surface area contributed by atoms with Gasteiger partial charge in [0.25, 0.3) is 0 Å². The van der Waals surface area contributed by atoms with Crippen molar-refractivity contribution >= 4 is 29.1 Å². The van der Waals surface area contributed by atoms with Crippen LogP contribution in [0.1, 0.15) is 32.1 Å². The SMILES string of the molecule is CN=C(NCCCSc1nccs1)NC1CCC(C(F)(F)F)CC1. The minimum Gasteiger partial charge on any atom is -0.356 e. The maximum Gasteiger partial charge on any atom is 0.391 e. The van der Waals surface area contributed by atoms with Gasteiger partial charge in [-0.15, -0.1) is 11.3 Å². The van der Waals surface area contributed by atoms with Crippen LogP contribution in [0.15, 0.2) is 20.9 Å². The summed E-state index contributed by atoms with van der Waals surface area (Å²) in [6, 6.07) is 0.0690. The number of thioether (sulfide) groups is 1. The van der Waals surface area contributed by atoms with Crippen LogP contribution in [0.5, 0.6) is 0 Å². The van der Waals surface area contributed by atoms with Crippen molar-refractivity contribution in [2.45, 2.75) is 48.7 Å². The normalized spacial score (nSPS) is 22.4. The number of aliphatic imine (C=N–C) groups is 1. The van der Waals surface area contributed by atoms with Crippen molar-refractivity contribution in [1.82, 2.24) is 15.6 Å². The Morgan fingerprint density at radius 2 is 2.12 bits per heavy atom. The van der Waals surface area contributed by atoms with Crippen molar-refractivity contribution in [3.8, 4) is 0 Å². The molecule has 1 aliphatic carbocycles. The molecule has 136 valence electrons. The minimum absolute atomic E-state index is 0.0690. The lowest BCUT2D eigenvalue weighted by atomic mass is 9.85. The van der Waals surface area contributed by atoms with Gasteiger partial charge in [0.1, 0.15) is 4.34 Å². The third kappa shape index (κ3) is 6.51. The third-order valence-electron chi connectivity index (χ3n) is 4.00. The highest BCUT2D eigenvalue weighted by Crippen LogP contribution is 2.37. The zero-order valence-electron chi connectivity index (χ0n) is 13.6. The van der Waals surface area contributed by atoms with Crippen LogP contribution in [-0.4, -0.2) is 42.5 Å². The van der Waals surface area contributed by atoms with Crippen LogP contribution in [0.4, 0.5) is 13.2 Å². The number of aromatic nitrogens is 1. The van der Waals surface area contributed by atoms with Crippen molar-refractivity contribution in [1.29, 1.82) is 0 Å². The molecule has 0 amide bonds. The molecule has 0 radical (unpaired) electrons. The Balaban J connectivity index is 1.60. The number of rotatable bonds is 6. The topological polar surface area (TPSA) is 49.3 Å². The van der Waals surface area contributed by atoms with Crippen LogP contribution in [0, 0.1) is 5.92 Å². The van der Waals surface area contributed by atoms with Gasteiger partial charge in [0.2, 0.25) is 0 Å². The smallest absolute Gasteiger partial charge is 0.356 e. The van der Waals surface area contributed by atoms with Gasteiger partial charge in [-0.3, -0.25) is 4.99 Å². The fourth-order valence-corrected chi connectivity index (χ4v) is 4.32. The van der Waals surface area contributed by atoms with Crippen LogP contribution in [0.25, 0.3) is 0 Å². The van der Waals surface area contributed by atoms with Gasteiger partial charge >= 0.3 is 6.18 Å². The van der Waals surface area contributed by atoms with Crippen LogP contribution in [0.3, 0.4) is 0 Å². The predicted octanol–water partition coefficient (Wildman–Crippen LogP) is 3.91. The number of nitrogens with one attached hydrogen (secondary N) is 2. The van der Waals surface area contributed by atoms with Crippen molar-refractivity contribution in [2.75, 3.05) is 19.3 Å². The fourth-order valence-electron chi connectivity index (χ4n) is 2.67. The van der Waals surface area contributed by atoms with Gasteiger partial charge in [-0.1, -0.05) is 11.8 Å². The van der Waals surface area contributed by atoms with Crippen LogP contribution in [-0.2, 0) is 0 Å². The lowest BCUT2D eigenvalue weighted by molar-refractivity contribution is -0.182. The number of nitrogens with zero attached hydrogens (tertiary/aromatic N) is 2. The molecule has 4 nitrogen and oxygen atoms in total. The quantitative estimate of drug-likeness (QED) is 0.340. The number of alkyl halides is 3. The first-order valence-electron chi connectivity index (χ1n) is 8.05. The Labute approximate surface area is 148 Å². The number of hydrogen-bond acceptors (Lipinski definition) is 4. The Kier molecular flexibility index (Phi) is 7.67. The molecular formula is C15H23F3N4S2. The third-order valence-corrected chi connectivity index (χ3v) is 6.06. The van der Waals surface area contributed by atoms with Gasteiger partial charge in [-0.2, -0.15) is 13.2 Å². The number of thiazole rings is 1. The first-order chi connectivity index (χ1) is 11.5. The minimum atomic E-state index is -4.06. The molecule has 2 rings (SSSR count). The van der Waals surface area contributed by atoms with E-state index in [1.54, 1.807) is 36.3 Å². The average molecular weight is 381 g/mol. The van der Waals surface area contributed by atoms with E-state index in [1.165, 1.54) is 0 Å². The summed E-state index contributed by atoms with van der Waals surface area (Å²) in [5, 5.41) is 8.42. The molecule has 0 unspecified atom stereocenters. The summed E-state index contributed by atoms with van der Waals surface area (Å²) in [7, 11) is 1.68. The lowest BCUT2D eigenvalue weighted by Gasteiger charge is -2.31. The van der Waals surface area contributed by atoms with E-state index in [0.717, 1.165) is 23.1 Å². The van der Waals surface area contributed by atoms with E-state index in [2.05, 4.69) is 20.6 Å². The molecular weight excluding hydrogens is 357 g/mol. The van der Waals surface area contributed by atoms with Crippen LogP contribution >= 0.6 is 23.1 Å². The largest absolute Gasteiger partial charge is 0.391 e. The van der Waals surface area contributed by atoms with E-state index in [9.17, 15) is 13.2 Å². The van der Waals surface area contributed by atoms with Crippen molar-refractivity contribution < 1.29 is 13.2 Å². The van der Waals surface area contributed by atoms with Crippen molar-refractivity contribution in [3.63, 3.8) is 0 Å². The highest BCUT2D eigenvalue weighted by Gasteiger charge is 2.41. The van der Waals surface area contributed by atoms with Gasteiger partial charge in [0, 0.05) is 37.0 Å². The molecule has 1 heterocycles. The second-order valence-corrected chi connectivity index (χ2v) is 7.97. The second-order valence-electron chi connectivity index (χ2n) is 5.73.